The van der Waals surface area contributed by atoms with E-state index in [1.165, 1.54) is 5.56 Å². The van der Waals surface area contributed by atoms with E-state index in [0.29, 0.717) is 11.5 Å². The highest BCUT2D eigenvalue weighted by molar-refractivity contribution is 7.10. The van der Waals surface area contributed by atoms with Crippen LogP contribution in [-0.2, 0) is 0 Å². The van der Waals surface area contributed by atoms with Gasteiger partial charge in [0.2, 0.25) is 0 Å². The van der Waals surface area contributed by atoms with Crippen molar-refractivity contribution < 1.29 is 9.47 Å². The fourth-order valence-electron chi connectivity index (χ4n) is 2.41. The van der Waals surface area contributed by atoms with Crippen molar-refractivity contribution in [3.8, 4) is 28.8 Å². The average Bonchev–Trinajstić information content (AvgIpc) is 3.14. The van der Waals surface area contributed by atoms with Crippen molar-refractivity contribution in [2.75, 3.05) is 13.7 Å². The summed E-state index contributed by atoms with van der Waals surface area (Å²) >= 11 is 1.60. The molecule has 2 aromatic carbocycles. The molecule has 0 aliphatic heterocycles. The topological polar surface area (TPSA) is 55.1 Å². The Bertz CT molecular complexity index is 953. The summed E-state index contributed by atoms with van der Waals surface area (Å²) in [4.78, 5) is 4.67. The SMILES string of the molecule is COc1cc(C=Cc2nc(-c3ccc(C)cc3)cs2)ccc1OCC#N. The number of ether oxygens (including phenoxy) is 2. The number of aromatic nitrogens is 1. The molecule has 4 nitrogen and oxygen atoms in total. The number of hydrogen-bond acceptors (Lipinski definition) is 5. The van der Waals surface area contributed by atoms with Crippen molar-refractivity contribution in [1.82, 2.24) is 4.98 Å². The molecule has 0 radical (unpaired) electrons. The third-order valence-electron chi connectivity index (χ3n) is 3.77. The van der Waals surface area contributed by atoms with Gasteiger partial charge >= 0.3 is 0 Å². The molecule has 0 aliphatic rings. The third kappa shape index (κ3) is 4.29. The first-order valence-electron chi connectivity index (χ1n) is 8.08. The van der Waals surface area contributed by atoms with Crippen LogP contribution < -0.4 is 9.47 Å². The Morgan fingerprint density at radius 2 is 1.92 bits per heavy atom. The molecule has 130 valence electrons. The van der Waals surface area contributed by atoms with Gasteiger partial charge in [0.1, 0.15) is 11.1 Å². The van der Waals surface area contributed by atoms with Crippen LogP contribution in [0.1, 0.15) is 16.1 Å². The Morgan fingerprint density at radius 3 is 2.65 bits per heavy atom. The van der Waals surface area contributed by atoms with Crippen LogP contribution in [0, 0.1) is 18.3 Å². The van der Waals surface area contributed by atoms with Crippen molar-refractivity contribution in [2.24, 2.45) is 0 Å². The predicted molar refractivity (Wildman–Crippen MR) is 105 cm³/mol. The Labute approximate surface area is 157 Å². The summed E-state index contributed by atoms with van der Waals surface area (Å²) < 4.78 is 10.7. The molecular formula is C21H18N2O2S. The van der Waals surface area contributed by atoms with E-state index in [1.54, 1.807) is 24.5 Å². The van der Waals surface area contributed by atoms with Crippen molar-refractivity contribution in [3.63, 3.8) is 0 Å². The molecule has 0 spiro atoms. The van der Waals surface area contributed by atoms with E-state index < -0.39 is 0 Å². The number of nitrogens with zero attached hydrogens (tertiary/aromatic N) is 2. The van der Waals surface area contributed by atoms with Crippen LogP contribution in [0.25, 0.3) is 23.4 Å². The lowest BCUT2D eigenvalue weighted by molar-refractivity contribution is 0.329. The van der Waals surface area contributed by atoms with Gasteiger partial charge in [0.25, 0.3) is 0 Å². The monoisotopic (exact) mass is 362 g/mol. The van der Waals surface area contributed by atoms with Crippen LogP contribution in [-0.4, -0.2) is 18.7 Å². The summed E-state index contributed by atoms with van der Waals surface area (Å²) in [6.45, 7) is 2.07. The van der Waals surface area contributed by atoms with Gasteiger partial charge in [-0.25, -0.2) is 4.98 Å². The minimum atomic E-state index is -0.00749. The molecule has 0 N–H and O–H groups in total. The number of nitriles is 1. The second kappa shape index (κ2) is 8.32. The average molecular weight is 362 g/mol. The molecule has 0 fully saturated rings. The molecule has 3 rings (SSSR count). The lowest BCUT2D eigenvalue weighted by Crippen LogP contribution is -1.96. The molecule has 0 aliphatic carbocycles. The molecule has 0 bridgehead atoms. The maximum absolute atomic E-state index is 8.62. The van der Waals surface area contributed by atoms with E-state index in [4.69, 9.17) is 14.7 Å². The summed E-state index contributed by atoms with van der Waals surface area (Å²) in [6, 6.07) is 15.9. The first-order valence-corrected chi connectivity index (χ1v) is 8.96. The zero-order chi connectivity index (χ0) is 18.4. The summed E-state index contributed by atoms with van der Waals surface area (Å²) in [6.07, 6.45) is 3.96. The van der Waals surface area contributed by atoms with Gasteiger partial charge in [0.05, 0.1) is 12.8 Å². The molecule has 0 saturated carbocycles. The summed E-state index contributed by atoms with van der Waals surface area (Å²) in [5.41, 5.74) is 4.30. The van der Waals surface area contributed by atoms with E-state index >= 15 is 0 Å². The second-order valence-electron chi connectivity index (χ2n) is 5.63. The van der Waals surface area contributed by atoms with E-state index in [0.717, 1.165) is 21.8 Å². The normalized spacial score (nSPS) is 10.7. The van der Waals surface area contributed by atoms with E-state index in [1.807, 2.05) is 30.4 Å². The van der Waals surface area contributed by atoms with Crippen LogP contribution in [0.2, 0.25) is 0 Å². The standard InChI is InChI=1S/C21H18N2O2S/c1-15-3-7-17(8-4-15)18-14-26-21(23-18)10-6-16-5-9-19(25-12-11-22)20(13-16)24-2/h3-10,13-14H,12H2,1-2H3. The van der Waals surface area contributed by atoms with E-state index in [2.05, 4.69) is 41.6 Å². The summed E-state index contributed by atoms with van der Waals surface area (Å²) in [7, 11) is 1.58. The Morgan fingerprint density at radius 1 is 1.12 bits per heavy atom. The predicted octanol–water partition coefficient (Wildman–Crippen LogP) is 5.20. The van der Waals surface area contributed by atoms with Gasteiger partial charge in [0, 0.05) is 10.9 Å². The van der Waals surface area contributed by atoms with Gasteiger partial charge < -0.3 is 9.47 Å². The van der Waals surface area contributed by atoms with Crippen molar-refractivity contribution in [2.45, 2.75) is 6.92 Å². The minimum absolute atomic E-state index is 0.00749. The fraction of sp³-hybridized carbons (Fsp3) is 0.143. The zero-order valence-corrected chi connectivity index (χ0v) is 15.4. The van der Waals surface area contributed by atoms with Gasteiger partial charge in [-0.1, -0.05) is 42.0 Å². The number of thiazole rings is 1. The molecule has 26 heavy (non-hydrogen) atoms. The lowest BCUT2D eigenvalue weighted by Gasteiger charge is -2.08. The maximum atomic E-state index is 8.62. The highest BCUT2D eigenvalue weighted by Crippen LogP contribution is 2.29. The highest BCUT2D eigenvalue weighted by atomic mass is 32.1. The largest absolute Gasteiger partial charge is 0.493 e. The molecule has 5 heteroatoms. The Hall–Kier alpha value is -3.10. The highest BCUT2D eigenvalue weighted by Gasteiger charge is 2.05. The number of benzene rings is 2. The molecule has 1 aromatic heterocycles. The van der Waals surface area contributed by atoms with Crippen LogP contribution in [0.5, 0.6) is 11.5 Å². The van der Waals surface area contributed by atoms with E-state index in [9.17, 15) is 0 Å². The van der Waals surface area contributed by atoms with Gasteiger partial charge in [-0.05, 0) is 30.7 Å². The number of aryl methyl sites for hydroxylation is 1. The first kappa shape index (κ1) is 17.7. The molecule has 1 heterocycles. The lowest BCUT2D eigenvalue weighted by atomic mass is 10.1. The van der Waals surface area contributed by atoms with Crippen LogP contribution in [0.4, 0.5) is 0 Å². The molecule has 0 atom stereocenters. The van der Waals surface area contributed by atoms with Crippen molar-refractivity contribution in [1.29, 1.82) is 5.26 Å². The number of hydrogen-bond donors (Lipinski definition) is 0. The second-order valence-corrected chi connectivity index (χ2v) is 6.52. The summed E-state index contributed by atoms with van der Waals surface area (Å²) in [5, 5.41) is 11.6. The van der Waals surface area contributed by atoms with Crippen LogP contribution in [0.15, 0.2) is 47.8 Å². The minimum Gasteiger partial charge on any atom is -0.493 e. The quantitative estimate of drug-likeness (QED) is 0.605. The smallest absolute Gasteiger partial charge is 0.174 e. The Kier molecular flexibility index (Phi) is 5.67. The van der Waals surface area contributed by atoms with Gasteiger partial charge in [-0.3, -0.25) is 0 Å². The molecular weight excluding hydrogens is 344 g/mol. The zero-order valence-electron chi connectivity index (χ0n) is 14.6. The number of rotatable bonds is 6. The molecule has 3 aromatic rings. The van der Waals surface area contributed by atoms with Crippen molar-refractivity contribution in [3.05, 3.63) is 64.0 Å². The van der Waals surface area contributed by atoms with Gasteiger partial charge in [0.15, 0.2) is 18.1 Å². The van der Waals surface area contributed by atoms with Gasteiger partial charge in [-0.15, -0.1) is 11.3 Å². The van der Waals surface area contributed by atoms with E-state index in [-0.39, 0.29) is 6.61 Å². The summed E-state index contributed by atoms with van der Waals surface area (Å²) in [5.74, 6) is 1.16. The first-order chi connectivity index (χ1) is 12.7. The fourth-order valence-corrected chi connectivity index (χ4v) is 3.12. The Balaban J connectivity index is 1.76. The molecule has 0 unspecified atom stereocenters. The van der Waals surface area contributed by atoms with Crippen LogP contribution >= 0.6 is 11.3 Å². The number of methoxy groups -OCH3 is 1. The van der Waals surface area contributed by atoms with Gasteiger partial charge in [-0.2, -0.15) is 5.26 Å². The third-order valence-corrected chi connectivity index (χ3v) is 4.58. The van der Waals surface area contributed by atoms with Crippen molar-refractivity contribution >= 4 is 23.5 Å². The maximum Gasteiger partial charge on any atom is 0.174 e. The molecule has 0 amide bonds. The van der Waals surface area contributed by atoms with Crippen LogP contribution in [0.3, 0.4) is 0 Å². The molecule has 0 saturated heterocycles.